The van der Waals surface area contributed by atoms with E-state index < -0.39 is 17.0 Å². The van der Waals surface area contributed by atoms with Gasteiger partial charge in [-0.1, -0.05) is 65.2 Å². The number of Topliss-reactive ketones (excluding diaryl/α,β-unsaturated/α-hetero) is 1. The first-order valence-corrected chi connectivity index (χ1v) is 13.7. The highest BCUT2D eigenvalue weighted by Gasteiger charge is 2.71. The molecule has 30 heavy (non-hydrogen) atoms. The van der Waals surface area contributed by atoms with Crippen LogP contribution in [0.2, 0.25) is 0 Å². The van der Waals surface area contributed by atoms with Crippen LogP contribution in [-0.2, 0) is 4.79 Å². The molecule has 0 unspecified atom stereocenters. The Morgan fingerprint density at radius 1 is 0.733 bits per heavy atom. The summed E-state index contributed by atoms with van der Waals surface area (Å²) in [5, 5.41) is 0. The van der Waals surface area contributed by atoms with Crippen molar-refractivity contribution in [1.82, 2.24) is 0 Å². The monoisotopic (exact) mass is 418 g/mol. The average molecular weight is 419 g/mol. The molecule has 0 aromatic carbocycles. The highest BCUT2D eigenvalue weighted by molar-refractivity contribution is 5.98. The van der Waals surface area contributed by atoms with Gasteiger partial charge in [0.2, 0.25) is 0 Å². The molecule has 0 aromatic heterocycles. The SMILES string of the molecule is CCCCCCC1CCC(C2CC[C@]3(CC2)C(=O)[C@@]2(CCC(CC)CC2)[C@H]3F)CC1. The van der Waals surface area contributed by atoms with Gasteiger partial charge in [-0.2, -0.15) is 0 Å². The third-order valence-corrected chi connectivity index (χ3v) is 10.4. The number of hydrogen-bond donors (Lipinski definition) is 0. The summed E-state index contributed by atoms with van der Waals surface area (Å²) in [6, 6.07) is 0. The zero-order chi connectivity index (χ0) is 21.2. The van der Waals surface area contributed by atoms with Crippen LogP contribution in [0, 0.1) is 34.5 Å². The standard InChI is InChI=1S/C28H47FO/c1-3-5-6-7-8-22-9-11-23(12-10-22)24-15-19-28(20-16-24)25(29)27(26(28)30)17-13-21(4-2)14-18-27/h21-25H,3-20H2,1-2H3/t21?,22?,23?,24?,25-,27-,28-/m1/s1. The van der Waals surface area contributed by atoms with Crippen LogP contribution in [0.3, 0.4) is 0 Å². The van der Waals surface area contributed by atoms with Gasteiger partial charge in [-0.05, 0) is 87.9 Å². The highest BCUT2D eigenvalue weighted by Crippen LogP contribution is 2.66. The van der Waals surface area contributed by atoms with Crippen LogP contribution in [0.1, 0.15) is 129 Å². The Balaban J connectivity index is 1.23. The maximum Gasteiger partial charge on any atom is 0.151 e. The fraction of sp³-hybridized carbons (Fsp3) is 0.964. The van der Waals surface area contributed by atoms with E-state index in [0.717, 1.165) is 75.0 Å². The molecule has 4 aliphatic carbocycles. The lowest BCUT2D eigenvalue weighted by Crippen LogP contribution is -2.69. The van der Waals surface area contributed by atoms with Crippen LogP contribution in [-0.4, -0.2) is 12.0 Å². The van der Waals surface area contributed by atoms with Gasteiger partial charge < -0.3 is 0 Å². The first kappa shape index (κ1) is 22.8. The molecule has 0 heterocycles. The smallest absolute Gasteiger partial charge is 0.151 e. The van der Waals surface area contributed by atoms with Crippen LogP contribution in [0.5, 0.6) is 0 Å². The maximum absolute atomic E-state index is 15.7. The molecule has 1 atom stereocenters. The van der Waals surface area contributed by atoms with E-state index in [1.165, 1.54) is 64.2 Å². The van der Waals surface area contributed by atoms with Gasteiger partial charge in [-0.3, -0.25) is 4.79 Å². The zero-order valence-corrected chi connectivity index (χ0v) is 19.9. The van der Waals surface area contributed by atoms with Crippen molar-refractivity contribution in [1.29, 1.82) is 0 Å². The van der Waals surface area contributed by atoms with Crippen molar-refractivity contribution in [2.75, 3.05) is 0 Å². The largest absolute Gasteiger partial charge is 0.298 e. The fourth-order valence-electron chi connectivity index (χ4n) is 8.17. The van der Waals surface area contributed by atoms with Crippen molar-refractivity contribution in [2.24, 2.45) is 34.5 Å². The second-order valence-electron chi connectivity index (χ2n) is 11.8. The predicted molar refractivity (Wildman–Crippen MR) is 123 cm³/mol. The molecule has 0 N–H and O–H groups in total. The molecule has 0 saturated heterocycles. The average Bonchev–Trinajstić information content (AvgIpc) is 2.81. The van der Waals surface area contributed by atoms with Crippen LogP contribution < -0.4 is 0 Å². The number of halogens is 1. The number of carbonyl (C=O) groups excluding carboxylic acids is 1. The summed E-state index contributed by atoms with van der Waals surface area (Å²) in [6.07, 6.45) is 20.8. The maximum atomic E-state index is 15.7. The van der Waals surface area contributed by atoms with Gasteiger partial charge in [0.15, 0.2) is 5.78 Å². The molecule has 4 fully saturated rings. The first-order chi connectivity index (χ1) is 14.6. The van der Waals surface area contributed by atoms with Gasteiger partial charge in [0.25, 0.3) is 0 Å². The highest BCUT2D eigenvalue weighted by atomic mass is 19.1. The minimum atomic E-state index is -0.838. The Morgan fingerprint density at radius 2 is 1.30 bits per heavy atom. The molecule has 2 heteroatoms. The Kier molecular flexibility index (Phi) is 7.30. The molecule has 4 aliphatic rings. The molecule has 172 valence electrons. The lowest BCUT2D eigenvalue weighted by molar-refractivity contribution is -0.194. The summed E-state index contributed by atoms with van der Waals surface area (Å²) in [5.41, 5.74) is -1.12. The first-order valence-electron chi connectivity index (χ1n) is 13.7. The number of unbranched alkanes of at least 4 members (excludes halogenated alkanes) is 3. The quantitative estimate of drug-likeness (QED) is 0.379. The van der Waals surface area contributed by atoms with Crippen LogP contribution in [0.15, 0.2) is 0 Å². The molecular formula is C28H47FO. The van der Waals surface area contributed by atoms with E-state index >= 15 is 4.39 Å². The third kappa shape index (κ3) is 4.03. The second-order valence-corrected chi connectivity index (χ2v) is 11.8. The predicted octanol–water partition coefficient (Wildman–Crippen LogP) is 8.45. The van der Waals surface area contributed by atoms with Crippen LogP contribution >= 0.6 is 0 Å². The Hall–Kier alpha value is -0.400. The van der Waals surface area contributed by atoms with Crippen LogP contribution in [0.25, 0.3) is 0 Å². The number of ketones is 1. The third-order valence-electron chi connectivity index (χ3n) is 10.4. The molecule has 0 radical (unpaired) electrons. The van der Waals surface area contributed by atoms with Crippen molar-refractivity contribution in [2.45, 2.75) is 136 Å². The Bertz CT molecular complexity index is 559. The molecule has 2 spiro atoms. The number of rotatable bonds is 7. The molecule has 0 aromatic rings. The van der Waals surface area contributed by atoms with Crippen molar-refractivity contribution in [3.63, 3.8) is 0 Å². The lowest BCUT2D eigenvalue weighted by Gasteiger charge is -2.61. The Labute approximate surface area is 185 Å². The minimum absolute atomic E-state index is 0.353. The summed E-state index contributed by atoms with van der Waals surface area (Å²) < 4.78 is 15.7. The molecule has 0 amide bonds. The second kappa shape index (κ2) is 9.62. The molecule has 4 rings (SSSR count). The van der Waals surface area contributed by atoms with E-state index in [1.54, 1.807) is 0 Å². The van der Waals surface area contributed by atoms with E-state index in [1.807, 2.05) is 0 Å². The molecule has 1 nitrogen and oxygen atoms in total. The van der Waals surface area contributed by atoms with E-state index in [-0.39, 0.29) is 0 Å². The van der Waals surface area contributed by atoms with Crippen molar-refractivity contribution in [3.05, 3.63) is 0 Å². The lowest BCUT2D eigenvalue weighted by atomic mass is 9.41. The zero-order valence-electron chi connectivity index (χ0n) is 19.9. The number of carbonyl (C=O) groups is 1. The Morgan fingerprint density at radius 3 is 1.83 bits per heavy atom. The number of alkyl halides is 1. The summed E-state index contributed by atoms with van der Waals surface area (Å²) in [7, 11) is 0. The fourth-order valence-corrected chi connectivity index (χ4v) is 8.17. The summed E-state index contributed by atoms with van der Waals surface area (Å²) >= 11 is 0. The van der Waals surface area contributed by atoms with Gasteiger partial charge in [-0.15, -0.1) is 0 Å². The molecule has 0 aliphatic heterocycles. The van der Waals surface area contributed by atoms with Crippen molar-refractivity contribution in [3.8, 4) is 0 Å². The van der Waals surface area contributed by atoms with E-state index in [4.69, 9.17) is 0 Å². The van der Waals surface area contributed by atoms with Gasteiger partial charge in [0, 0.05) is 0 Å². The molecular weight excluding hydrogens is 371 g/mol. The number of hydrogen-bond acceptors (Lipinski definition) is 1. The summed E-state index contributed by atoms with van der Waals surface area (Å²) in [4.78, 5) is 13.4. The molecule has 4 saturated carbocycles. The van der Waals surface area contributed by atoms with Crippen LogP contribution in [0.4, 0.5) is 4.39 Å². The normalized spacial score (nSPS) is 44.4. The summed E-state index contributed by atoms with van der Waals surface area (Å²) in [6.45, 7) is 4.53. The van der Waals surface area contributed by atoms with Gasteiger partial charge >= 0.3 is 0 Å². The van der Waals surface area contributed by atoms with Gasteiger partial charge in [0.05, 0.1) is 10.8 Å². The van der Waals surface area contributed by atoms with Crippen molar-refractivity contribution < 1.29 is 9.18 Å². The van der Waals surface area contributed by atoms with Gasteiger partial charge in [0.1, 0.15) is 6.17 Å². The van der Waals surface area contributed by atoms with E-state index in [2.05, 4.69) is 13.8 Å². The minimum Gasteiger partial charge on any atom is -0.298 e. The van der Waals surface area contributed by atoms with Crippen molar-refractivity contribution >= 4 is 5.78 Å². The van der Waals surface area contributed by atoms with E-state index in [0.29, 0.717) is 5.78 Å². The summed E-state index contributed by atoms with van der Waals surface area (Å²) in [5.74, 6) is 3.67. The topological polar surface area (TPSA) is 17.1 Å². The van der Waals surface area contributed by atoms with E-state index in [9.17, 15) is 4.79 Å². The van der Waals surface area contributed by atoms with Gasteiger partial charge in [-0.25, -0.2) is 4.39 Å². The molecule has 0 bridgehead atoms.